The van der Waals surface area contributed by atoms with Gasteiger partial charge in [0.25, 0.3) is 0 Å². The molecule has 0 aliphatic carbocycles. The summed E-state index contributed by atoms with van der Waals surface area (Å²) in [5.74, 6) is -0.531. The third-order valence-corrected chi connectivity index (χ3v) is 2.09. The van der Waals surface area contributed by atoms with Gasteiger partial charge in [-0.25, -0.2) is 9.59 Å². The van der Waals surface area contributed by atoms with Crippen LogP contribution >= 0.6 is 0 Å². The molecule has 0 aliphatic heterocycles. The zero-order valence-corrected chi connectivity index (χ0v) is 7.96. The number of nitrogens with two attached hydrogens (primary N) is 1. The highest BCUT2D eigenvalue weighted by Gasteiger charge is 2.12. The summed E-state index contributed by atoms with van der Waals surface area (Å²) in [5.41, 5.74) is 6.88. The molecule has 78 valence electrons. The molecule has 0 unspecified atom stereocenters. The van der Waals surface area contributed by atoms with Crippen LogP contribution in [0.3, 0.4) is 0 Å². The minimum Gasteiger partial charge on any atom is -0.465 e. The Bertz CT molecular complexity index is 582. The molecular weight excluding hydrogens is 198 g/mol. The van der Waals surface area contributed by atoms with Crippen LogP contribution in [0.15, 0.2) is 16.9 Å². The molecule has 6 heteroatoms. The van der Waals surface area contributed by atoms with Crippen LogP contribution in [0.25, 0.3) is 11.0 Å². The molecule has 15 heavy (non-hydrogen) atoms. The number of H-pyrrole nitrogens is 2. The van der Waals surface area contributed by atoms with E-state index in [1.54, 1.807) is 0 Å². The highest BCUT2D eigenvalue weighted by atomic mass is 16.5. The second-order valence-electron chi connectivity index (χ2n) is 3.06. The van der Waals surface area contributed by atoms with Gasteiger partial charge in [0.1, 0.15) is 0 Å². The molecule has 0 saturated carbocycles. The Kier molecular flexibility index (Phi) is 1.96. The number of hydrogen-bond donors (Lipinski definition) is 3. The second kappa shape index (κ2) is 3.16. The van der Waals surface area contributed by atoms with Gasteiger partial charge < -0.3 is 20.4 Å². The SMILES string of the molecule is COC(=O)c1cc2[nH]c(=O)[nH]c2cc1N. The van der Waals surface area contributed by atoms with E-state index in [2.05, 4.69) is 14.7 Å². The maximum Gasteiger partial charge on any atom is 0.340 e. The number of carbonyl (C=O) groups excluding carboxylic acids is 1. The zero-order chi connectivity index (χ0) is 11.0. The standard InChI is InChI=1S/C9H9N3O3/c1-15-8(13)4-2-6-7(3-5(4)10)12-9(14)11-6/h2-3H,10H2,1H3,(H2,11,12,14). The Morgan fingerprint density at radius 3 is 2.53 bits per heavy atom. The minimum atomic E-state index is -0.531. The number of esters is 1. The Labute approximate surface area is 84.0 Å². The summed E-state index contributed by atoms with van der Waals surface area (Å²) >= 11 is 0. The summed E-state index contributed by atoms with van der Waals surface area (Å²) in [4.78, 5) is 27.3. The van der Waals surface area contributed by atoms with E-state index in [9.17, 15) is 9.59 Å². The van der Waals surface area contributed by atoms with Crippen LogP contribution in [-0.4, -0.2) is 23.0 Å². The van der Waals surface area contributed by atoms with Gasteiger partial charge in [0.05, 0.1) is 23.7 Å². The van der Waals surface area contributed by atoms with Gasteiger partial charge in [0, 0.05) is 5.69 Å². The lowest BCUT2D eigenvalue weighted by molar-refractivity contribution is 0.0602. The van der Waals surface area contributed by atoms with E-state index in [-0.39, 0.29) is 16.9 Å². The number of nitrogens with one attached hydrogen (secondary N) is 2. The molecule has 0 bridgehead atoms. The Hall–Kier alpha value is -2.24. The predicted molar refractivity (Wildman–Crippen MR) is 54.7 cm³/mol. The van der Waals surface area contributed by atoms with E-state index < -0.39 is 5.97 Å². The van der Waals surface area contributed by atoms with Crippen LogP contribution in [0.1, 0.15) is 10.4 Å². The number of benzene rings is 1. The lowest BCUT2D eigenvalue weighted by Gasteiger charge is -2.02. The van der Waals surface area contributed by atoms with E-state index in [1.165, 1.54) is 19.2 Å². The predicted octanol–water partition coefficient (Wildman–Crippen LogP) is 0.225. The molecule has 0 radical (unpaired) electrons. The first-order chi connectivity index (χ1) is 7.11. The van der Waals surface area contributed by atoms with Gasteiger partial charge >= 0.3 is 11.7 Å². The number of fused-ring (bicyclic) bond motifs is 1. The van der Waals surface area contributed by atoms with Crippen LogP contribution in [-0.2, 0) is 4.74 Å². The van der Waals surface area contributed by atoms with Crippen molar-refractivity contribution in [2.45, 2.75) is 0 Å². The van der Waals surface area contributed by atoms with Crippen molar-refractivity contribution < 1.29 is 9.53 Å². The summed E-state index contributed by atoms with van der Waals surface area (Å²) in [6.45, 7) is 0. The number of aromatic nitrogens is 2. The third-order valence-electron chi connectivity index (χ3n) is 2.09. The summed E-state index contributed by atoms with van der Waals surface area (Å²) in [7, 11) is 1.27. The number of rotatable bonds is 1. The van der Waals surface area contributed by atoms with E-state index in [0.29, 0.717) is 11.0 Å². The Morgan fingerprint density at radius 1 is 1.33 bits per heavy atom. The normalized spacial score (nSPS) is 10.5. The molecule has 0 saturated heterocycles. The highest BCUT2D eigenvalue weighted by molar-refractivity contribution is 5.99. The topological polar surface area (TPSA) is 101 Å². The van der Waals surface area contributed by atoms with Crippen molar-refractivity contribution >= 4 is 22.7 Å². The molecule has 4 N–H and O–H groups in total. The molecule has 6 nitrogen and oxygen atoms in total. The van der Waals surface area contributed by atoms with E-state index in [4.69, 9.17) is 5.73 Å². The van der Waals surface area contributed by atoms with Crippen molar-refractivity contribution in [3.8, 4) is 0 Å². The molecule has 0 spiro atoms. The van der Waals surface area contributed by atoms with Crippen molar-refractivity contribution in [2.24, 2.45) is 0 Å². The van der Waals surface area contributed by atoms with Gasteiger partial charge in [-0.15, -0.1) is 0 Å². The number of aromatic amines is 2. The van der Waals surface area contributed by atoms with E-state index in [1.807, 2.05) is 0 Å². The summed E-state index contributed by atoms with van der Waals surface area (Å²) in [6.07, 6.45) is 0. The Balaban J connectivity index is 2.71. The monoisotopic (exact) mass is 207 g/mol. The van der Waals surface area contributed by atoms with Crippen LogP contribution < -0.4 is 11.4 Å². The largest absolute Gasteiger partial charge is 0.465 e. The molecule has 0 fully saturated rings. The molecular formula is C9H9N3O3. The molecule has 2 rings (SSSR count). The molecule has 1 aromatic carbocycles. The summed E-state index contributed by atoms with van der Waals surface area (Å²) in [5, 5.41) is 0. The van der Waals surface area contributed by atoms with Crippen molar-refractivity contribution in [3.05, 3.63) is 28.2 Å². The smallest absolute Gasteiger partial charge is 0.340 e. The molecule has 1 heterocycles. The van der Waals surface area contributed by atoms with Crippen molar-refractivity contribution in [3.63, 3.8) is 0 Å². The number of ether oxygens (including phenoxy) is 1. The molecule has 0 aliphatic rings. The fourth-order valence-electron chi connectivity index (χ4n) is 1.39. The van der Waals surface area contributed by atoms with E-state index in [0.717, 1.165) is 0 Å². The van der Waals surface area contributed by atoms with Crippen molar-refractivity contribution in [1.29, 1.82) is 0 Å². The van der Waals surface area contributed by atoms with Crippen LogP contribution in [0.2, 0.25) is 0 Å². The van der Waals surface area contributed by atoms with Crippen LogP contribution in [0.4, 0.5) is 5.69 Å². The van der Waals surface area contributed by atoms with Crippen LogP contribution in [0.5, 0.6) is 0 Å². The number of nitrogen functional groups attached to an aromatic ring is 1. The van der Waals surface area contributed by atoms with Gasteiger partial charge in [0.15, 0.2) is 0 Å². The van der Waals surface area contributed by atoms with Gasteiger partial charge in [-0.05, 0) is 12.1 Å². The summed E-state index contributed by atoms with van der Waals surface area (Å²) in [6, 6.07) is 2.99. The van der Waals surface area contributed by atoms with Gasteiger partial charge in [-0.3, -0.25) is 0 Å². The molecule has 1 aromatic heterocycles. The number of hydrogen-bond acceptors (Lipinski definition) is 4. The van der Waals surface area contributed by atoms with Crippen molar-refractivity contribution in [2.75, 3.05) is 12.8 Å². The lowest BCUT2D eigenvalue weighted by atomic mass is 10.1. The molecule has 0 amide bonds. The number of anilines is 1. The number of imidazole rings is 1. The molecule has 0 atom stereocenters. The first-order valence-corrected chi connectivity index (χ1v) is 4.21. The van der Waals surface area contributed by atoms with Gasteiger partial charge in [-0.2, -0.15) is 0 Å². The maximum atomic E-state index is 11.3. The van der Waals surface area contributed by atoms with Crippen LogP contribution in [0, 0.1) is 0 Å². The lowest BCUT2D eigenvalue weighted by Crippen LogP contribution is -2.05. The second-order valence-corrected chi connectivity index (χ2v) is 3.06. The van der Waals surface area contributed by atoms with Crippen molar-refractivity contribution in [1.82, 2.24) is 9.97 Å². The fraction of sp³-hybridized carbons (Fsp3) is 0.111. The Morgan fingerprint density at radius 2 is 1.93 bits per heavy atom. The number of carbonyl (C=O) groups is 1. The molecule has 2 aromatic rings. The van der Waals surface area contributed by atoms with Gasteiger partial charge in [0.2, 0.25) is 0 Å². The zero-order valence-electron chi connectivity index (χ0n) is 7.96. The van der Waals surface area contributed by atoms with E-state index >= 15 is 0 Å². The third kappa shape index (κ3) is 1.45. The maximum absolute atomic E-state index is 11.3. The highest BCUT2D eigenvalue weighted by Crippen LogP contribution is 2.18. The quantitative estimate of drug-likeness (QED) is 0.460. The minimum absolute atomic E-state index is 0.236. The summed E-state index contributed by atoms with van der Waals surface area (Å²) < 4.78 is 4.55. The van der Waals surface area contributed by atoms with Gasteiger partial charge in [-0.1, -0.05) is 0 Å². The first kappa shape index (κ1) is 9.32. The first-order valence-electron chi connectivity index (χ1n) is 4.21. The average molecular weight is 207 g/mol. The average Bonchev–Trinajstić information content (AvgIpc) is 2.55. The fourth-order valence-corrected chi connectivity index (χ4v) is 1.39. The number of methoxy groups -OCH3 is 1.